The Hall–Kier alpha value is -6.51. The number of hydrogen-bond donors (Lipinski definition) is 0. The second-order valence-electron chi connectivity index (χ2n) is 16.6. The summed E-state index contributed by atoms with van der Waals surface area (Å²) in [7, 11) is -3.50. The first-order chi connectivity index (χ1) is 30.2. The predicted octanol–water partition coefficient (Wildman–Crippen LogP) is 14.7. The van der Waals surface area contributed by atoms with Crippen molar-refractivity contribution in [2.24, 2.45) is 0 Å². The molecule has 0 saturated carbocycles. The Bertz CT molecular complexity index is 2700. The Kier molecular flexibility index (Phi) is 11.3. The Morgan fingerprint density at radius 1 is 0.258 bits per heavy atom. The van der Waals surface area contributed by atoms with Crippen LogP contribution in [0, 0.1) is 41.5 Å². The molecule has 0 aliphatic rings. The van der Waals surface area contributed by atoms with E-state index in [4.69, 9.17) is 11.1 Å². The maximum atomic E-state index is 9.16. The Morgan fingerprint density at radius 3 is 0.661 bits per heavy atom. The van der Waals surface area contributed by atoms with E-state index in [0.717, 1.165) is 0 Å². The van der Waals surface area contributed by atoms with Gasteiger partial charge in [-0.15, -0.1) is 11.1 Å². The minimum atomic E-state index is -3.50. The van der Waals surface area contributed by atoms with Crippen molar-refractivity contribution < 1.29 is 0 Å². The van der Waals surface area contributed by atoms with Gasteiger partial charge in [0.1, 0.15) is 0 Å². The van der Waals surface area contributed by atoms with Gasteiger partial charge in [0.05, 0.1) is 0 Å². The fourth-order valence-electron chi connectivity index (χ4n) is 9.72. The van der Waals surface area contributed by atoms with Gasteiger partial charge in [-0.05, 0) is 157 Å². The van der Waals surface area contributed by atoms with Crippen LogP contribution in [0.1, 0.15) is 33.4 Å². The summed E-state index contributed by atoms with van der Waals surface area (Å²) in [6, 6.07) is 72.7. The van der Waals surface area contributed by atoms with E-state index in [-0.39, 0.29) is 0 Å². The van der Waals surface area contributed by atoms with Gasteiger partial charge in [-0.3, -0.25) is 0 Å². The highest BCUT2D eigenvalue weighted by atomic mass is 35.6. The van der Waals surface area contributed by atoms with E-state index in [9.17, 15) is 0 Å². The van der Waals surface area contributed by atoms with Crippen LogP contribution >= 0.6 is 11.1 Å². The molecule has 0 amide bonds. The summed E-state index contributed by atoms with van der Waals surface area (Å²) in [5, 5.41) is 3.66. The number of hydrogen-bond acceptors (Lipinski definition) is 0. The monoisotopic (exact) mass is 834 g/mol. The van der Waals surface area contributed by atoms with Crippen LogP contribution in [0.4, 0.5) is 0 Å². The zero-order valence-corrected chi connectivity index (χ0v) is 38.2. The molecule has 9 aromatic rings. The molecular weight excluding hydrogens is 784 g/mol. The molecule has 0 fully saturated rings. The van der Waals surface area contributed by atoms with Gasteiger partial charge in [0.15, 0.2) is 0 Å². The summed E-state index contributed by atoms with van der Waals surface area (Å²) in [6.07, 6.45) is 0. The fourth-order valence-corrected chi connectivity index (χ4v) is 15.5. The van der Waals surface area contributed by atoms with Crippen molar-refractivity contribution in [2.75, 3.05) is 0 Å². The van der Waals surface area contributed by atoms with E-state index >= 15 is 0 Å². The highest BCUT2D eigenvalue weighted by Gasteiger charge is 2.44. The summed E-state index contributed by atoms with van der Waals surface area (Å²) in [4.78, 5) is 0. The molecular formula is C60H51ClSi. The summed E-state index contributed by atoms with van der Waals surface area (Å²) >= 11 is 9.16. The van der Waals surface area contributed by atoms with Gasteiger partial charge in [0.25, 0.3) is 0 Å². The van der Waals surface area contributed by atoms with Gasteiger partial charge in [-0.25, -0.2) is 0 Å². The molecule has 302 valence electrons. The van der Waals surface area contributed by atoms with Gasteiger partial charge in [-0.1, -0.05) is 200 Å². The van der Waals surface area contributed by atoms with Crippen LogP contribution in [-0.4, -0.2) is 7.38 Å². The lowest BCUT2D eigenvalue weighted by atomic mass is 9.88. The average molecular weight is 836 g/mol. The summed E-state index contributed by atoms with van der Waals surface area (Å²) in [6.45, 7) is 13.8. The minimum Gasteiger partial charge on any atom is -0.149 e. The summed E-state index contributed by atoms with van der Waals surface area (Å²) in [5.41, 5.74) is 22.0. The summed E-state index contributed by atoms with van der Waals surface area (Å²) < 4.78 is 0. The molecule has 0 aliphatic heterocycles. The van der Waals surface area contributed by atoms with Crippen LogP contribution < -0.4 is 15.6 Å². The third kappa shape index (κ3) is 7.16. The first-order valence-corrected chi connectivity index (χ1v) is 24.6. The molecule has 2 heteroatoms. The van der Waals surface area contributed by atoms with Gasteiger partial charge in [0, 0.05) is 0 Å². The van der Waals surface area contributed by atoms with E-state index in [1.165, 1.54) is 116 Å². The Balaban J connectivity index is 1.46. The number of benzene rings is 9. The molecule has 0 saturated heterocycles. The summed E-state index contributed by atoms with van der Waals surface area (Å²) in [5.74, 6) is 0. The third-order valence-corrected chi connectivity index (χ3v) is 18.9. The van der Waals surface area contributed by atoms with Crippen molar-refractivity contribution in [3.63, 3.8) is 0 Å². The molecule has 62 heavy (non-hydrogen) atoms. The molecule has 0 nitrogen and oxygen atoms in total. The largest absolute Gasteiger partial charge is 0.248 e. The second-order valence-corrected chi connectivity index (χ2v) is 21.3. The molecule has 0 atom stereocenters. The molecule has 0 heterocycles. The molecule has 0 spiro atoms. The maximum Gasteiger partial charge on any atom is 0.248 e. The minimum absolute atomic E-state index is 1.18. The smallest absolute Gasteiger partial charge is 0.149 e. The van der Waals surface area contributed by atoms with E-state index in [1.807, 2.05) is 0 Å². The lowest BCUT2D eigenvalue weighted by Crippen LogP contribution is -2.65. The number of halogens is 1. The second kappa shape index (κ2) is 17.1. The molecule has 0 radical (unpaired) electrons. The Labute approximate surface area is 373 Å². The van der Waals surface area contributed by atoms with Crippen molar-refractivity contribution in [1.29, 1.82) is 0 Å². The van der Waals surface area contributed by atoms with Crippen LogP contribution in [0.2, 0.25) is 0 Å². The van der Waals surface area contributed by atoms with Crippen molar-refractivity contribution in [3.8, 4) is 66.8 Å². The highest BCUT2D eigenvalue weighted by Crippen LogP contribution is 2.42. The van der Waals surface area contributed by atoms with Crippen molar-refractivity contribution in [2.45, 2.75) is 41.5 Å². The van der Waals surface area contributed by atoms with Gasteiger partial charge in [-0.2, -0.15) is 0 Å². The molecule has 0 aliphatic carbocycles. The van der Waals surface area contributed by atoms with Crippen LogP contribution in [0.5, 0.6) is 0 Å². The lowest BCUT2D eigenvalue weighted by molar-refractivity contribution is 1.34. The quantitative estimate of drug-likeness (QED) is 0.0772. The van der Waals surface area contributed by atoms with Crippen LogP contribution in [-0.2, 0) is 0 Å². The highest BCUT2D eigenvalue weighted by molar-refractivity contribution is 7.41. The molecule has 0 bridgehead atoms. The Morgan fingerprint density at radius 2 is 0.452 bits per heavy atom. The van der Waals surface area contributed by atoms with E-state index < -0.39 is 7.38 Å². The fraction of sp³-hybridized carbons (Fsp3) is 0.100. The predicted molar refractivity (Wildman–Crippen MR) is 271 cm³/mol. The average Bonchev–Trinajstić information content (AvgIpc) is 3.32. The third-order valence-electron chi connectivity index (χ3n) is 13.3. The zero-order valence-electron chi connectivity index (χ0n) is 36.4. The zero-order chi connectivity index (χ0) is 43.0. The van der Waals surface area contributed by atoms with Gasteiger partial charge in [0.2, 0.25) is 7.38 Å². The molecule has 0 aromatic heterocycles. The van der Waals surface area contributed by atoms with Crippen LogP contribution in [0.3, 0.4) is 0 Å². The van der Waals surface area contributed by atoms with Crippen molar-refractivity contribution in [3.05, 3.63) is 234 Å². The normalized spacial score (nSPS) is 11.5. The van der Waals surface area contributed by atoms with Crippen molar-refractivity contribution >= 4 is 34.0 Å². The van der Waals surface area contributed by atoms with Crippen molar-refractivity contribution in [1.82, 2.24) is 0 Å². The number of rotatable bonds is 9. The molecule has 0 N–H and O–H groups in total. The topological polar surface area (TPSA) is 0 Å². The first-order valence-electron chi connectivity index (χ1n) is 21.6. The first kappa shape index (κ1) is 40.9. The maximum absolute atomic E-state index is 9.16. The van der Waals surface area contributed by atoms with E-state index in [1.54, 1.807) is 0 Å². The lowest BCUT2D eigenvalue weighted by Gasteiger charge is -2.35. The SMILES string of the molecule is Cc1c([Si](Cl)(c2cc(-c3ccccc3)c(-c3ccccc3)c(C)c2C)c2cc(-c3ccccc3)c(-c3ccccc3)c(C)c2C)cc(-c2ccccc2)c(-c2ccccc2)c1C. The van der Waals surface area contributed by atoms with E-state index in [0.29, 0.717) is 0 Å². The van der Waals surface area contributed by atoms with Gasteiger partial charge < -0.3 is 0 Å². The van der Waals surface area contributed by atoms with Gasteiger partial charge >= 0.3 is 0 Å². The molecule has 9 aromatic carbocycles. The molecule has 9 rings (SSSR count). The standard InChI is InChI=1S/C60H51ClSi/c1-40-43(4)58(49-31-19-10-20-32-49)52(46-25-13-7-14-26-46)37-55(40)62(61,56-38-53(47-27-15-8-16-28-47)59(44(5)41(56)2)50-33-21-11-22-34-50)57-39-54(48-29-17-9-18-30-48)60(45(6)42(57)3)51-35-23-12-24-36-51/h7-39H,1-6H3. The van der Waals surface area contributed by atoms with E-state index in [2.05, 4.69) is 242 Å². The molecule has 0 unspecified atom stereocenters. The van der Waals surface area contributed by atoms with Crippen LogP contribution in [0.25, 0.3) is 66.8 Å². The van der Waals surface area contributed by atoms with Crippen LogP contribution in [0.15, 0.2) is 200 Å².